The number of aliphatic hydroxyl groups is 1. The second-order valence-corrected chi connectivity index (χ2v) is 3.58. The lowest BCUT2D eigenvalue weighted by atomic mass is 10.0. The molecule has 0 fully saturated rings. The molecule has 1 unspecified atom stereocenters. The van der Waals surface area contributed by atoms with Crippen molar-refractivity contribution in [3.8, 4) is 5.75 Å². The van der Waals surface area contributed by atoms with Crippen molar-refractivity contribution < 1.29 is 24.1 Å². The lowest BCUT2D eigenvalue weighted by molar-refractivity contribution is -0.147. The van der Waals surface area contributed by atoms with Crippen LogP contribution in [0.2, 0.25) is 5.02 Å². The Labute approximate surface area is 96.2 Å². The van der Waals surface area contributed by atoms with Crippen LogP contribution in [0.25, 0.3) is 0 Å². The molecule has 0 radical (unpaired) electrons. The third-order valence-corrected chi connectivity index (χ3v) is 2.38. The molecule has 0 saturated heterocycles. The maximum absolute atomic E-state index is 13.6. The third-order valence-electron chi connectivity index (χ3n) is 2.10. The summed E-state index contributed by atoms with van der Waals surface area (Å²) in [5, 5.41) is 17.8. The van der Waals surface area contributed by atoms with Crippen molar-refractivity contribution in [3.05, 3.63) is 28.0 Å². The molecule has 0 aliphatic rings. The maximum atomic E-state index is 13.6. The highest BCUT2D eigenvalue weighted by atomic mass is 35.5. The predicted octanol–water partition coefficient (Wildman–Crippen LogP) is 1.91. The van der Waals surface area contributed by atoms with Crippen molar-refractivity contribution in [3.63, 3.8) is 0 Å². The number of carboxylic acid groups (broad SMARTS) is 1. The van der Waals surface area contributed by atoms with Gasteiger partial charge in [-0.2, -0.15) is 0 Å². The van der Waals surface area contributed by atoms with Gasteiger partial charge in [-0.05, 0) is 18.6 Å². The number of hydrogen-bond acceptors (Lipinski definition) is 3. The van der Waals surface area contributed by atoms with Gasteiger partial charge in [0.1, 0.15) is 5.75 Å². The average molecular weight is 249 g/mol. The van der Waals surface area contributed by atoms with Crippen LogP contribution in [0, 0.1) is 12.7 Å². The molecule has 1 aromatic carbocycles. The molecule has 4 nitrogen and oxygen atoms in total. The Morgan fingerprint density at radius 2 is 2.19 bits per heavy atom. The van der Waals surface area contributed by atoms with E-state index in [1.54, 1.807) is 6.92 Å². The molecular formula is C10H10ClFO4. The fourth-order valence-corrected chi connectivity index (χ4v) is 1.66. The van der Waals surface area contributed by atoms with Crippen molar-refractivity contribution >= 4 is 17.6 Å². The smallest absolute Gasteiger partial charge is 0.337 e. The van der Waals surface area contributed by atoms with E-state index in [-0.39, 0.29) is 10.8 Å². The van der Waals surface area contributed by atoms with Crippen molar-refractivity contribution in [1.29, 1.82) is 0 Å². The fourth-order valence-electron chi connectivity index (χ4n) is 1.40. The first-order chi connectivity index (χ1) is 7.40. The number of rotatable bonds is 3. The second-order valence-electron chi connectivity index (χ2n) is 3.18. The molecule has 0 amide bonds. The normalized spacial score (nSPS) is 12.3. The summed E-state index contributed by atoms with van der Waals surface area (Å²) in [6.07, 6.45) is -2.01. The Morgan fingerprint density at radius 1 is 1.62 bits per heavy atom. The Balaban J connectivity index is 3.50. The Bertz CT molecular complexity index is 433. The van der Waals surface area contributed by atoms with E-state index in [4.69, 9.17) is 21.4 Å². The highest BCUT2D eigenvalue weighted by Crippen LogP contribution is 2.35. The van der Waals surface area contributed by atoms with E-state index in [1.165, 1.54) is 13.2 Å². The molecule has 0 heterocycles. The molecule has 0 spiro atoms. The minimum Gasteiger partial charge on any atom is -0.496 e. The standard InChI is InChI=1S/C10H10ClFO4/c1-4-3-5(11)7(12)6(9(4)16-2)8(13)10(14)15/h3,8,13H,1-2H3,(H,14,15). The van der Waals surface area contributed by atoms with Gasteiger partial charge in [0, 0.05) is 0 Å². The van der Waals surface area contributed by atoms with Gasteiger partial charge in [-0.25, -0.2) is 9.18 Å². The summed E-state index contributed by atoms with van der Waals surface area (Å²) >= 11 is 5.56. The van der Waals surface area contributed by atoms with E-state index >= 15 is 0 Å². The van der Waals surface area contributed by atoms with Gasteiger partial charge in [0.25, 0.3) is 0 Å². The number of aliphatic hydroxyl groups excluding tert-OH is 1. The Kier molecular flexibility index (Phi) is 3.72. The largest absolute Gasteiger partial charge is 0.496 e. The lowest BCUT2D eigenvalue weighted by Crippen LogP contribution is -2.14. The summed E-state index contributed by atoms with van der Waals surface area (Å²) in [6.45, 7) is 1.57. The number of benzene rings is 1. The molecule has 0 saturated carbocycles. The van der Waals surface area contributed by atoms with Gasteiger partial charge in [0.15, 0.2) is 11.9 Å². The number of aliphatic carboxylic acids is 1. The highest BCUT2D eigenvalue weighted by Gasteiger charge is 2.27. The first-order valence-electron chi connectivity index (χ1n) is 4.33. The molecular weight excluding hydrogens is 239 g/mol. The molecule has 1 aromatic rings. The molecule has 1 atom stereocenters. The minimum absolute atomic E-state index is 0.0169. The summed E-state index contributed by atoms with van der Waals surface area (Å²) in [6, 6.07) is 1.30. The fraction of sp³-hybridized carbons (Fsp3) is 0.300. The Morgan fingerprint density at radius 3 is 2.62 bits per heavy atom. The zero-order valence-corrected chi connectivity index (χ0v) is 9.38. The van der Waals surface area contributed by atoms with Gasteiger partial charge in [-0.3, -0.25) is 0 Å². The zero-order chi connectivity index (χ0) is 12.5. The Hall–Kier alpha value is -1.33. The number of aryl methyl sites for hydroxylation is 1. The second kappa shape index (κ2) is 4.67. The summed E-state index contributed by atoms with van der Waals surface area (Å²) in [5.74, 6) is -2.57. The van der Waals surface area contributed by atoms with Crippen LogP contribution < -0.4 is 4.74 Å². The summed E-state index contributed by atoms with van der Waals surface area (Å²) in [5.41, 5.74) is -0.01000. The average Bonchev–Trinajstić information content (AvgIpc) is 2.21. The number of methoxy groups -OCH3 is 1. The predicted molar refractivity (Wildman–Crippen MR) is 55.3 cm³/mol. The number of ether oxygens (including phenoxy) is 1. The third kappa shape index (κ3) is 2.10. The van der Waals surface area contributed by atoms with E-state index in [9.17, 15) is 14.3 Å². The van der Waals surface area contributed by atoms with Gasteiger partial charge in [0.05, 0.1) is 17.7 Å². The van der Waals surface area contributed by atoms with Crippen LogP contribution in [0.5, 0.6) is 5.75 Å². The first-order valence-corrected chi connectivity index (χ1v) is 4.71. The van der Waals surface area contributed by atoms with E-state index in [2.05, 4.69) is 0 Å². The van der Waals surface area contributed by atoms with Gasteiger partial charge in [-0.15, -0.1) is 0 Å². The van der Waals surface area contributed by atoms with Crippen LogP contribution in [0.3, 0.4) is 0 Å². The van der Waals surface area contributed by atoms with Crippen LogP contribution in [0.4, 0.5) is 4.39 Å². The number of halogens is 2. The highest BCUT2D eigenvalue weighted by molar-refractivity contribution is 6.31. The summed E-state index contributed by atoms with van der Waals surface area (Å²) < 4.78 is 18.5. The van der Waals surface area contributed by atoms with Crippen molar-refractivity contribution in [1.82, 2.24) is 0 Å². The molecule has 0 bridgehead atoms. The molecule has 6 heteroatoms. The molecule has 0 aliphatic carbocycles. The van der Waals surface area contributed by atoms with Crippen molar-refractivity contribution in [2.24, 2.45) is 0 Å². The van der Waals surface area contributed by atoms with Crippen LogP contribution in [0.1, 0.15) is 17.2 Å². The molecule has 0 aromatic heterocycles. The molecule has 2 N–H and O–H groups in total. The van der Waals surface area contributed by atoms with Crippen molar-refractivity contribution in [2.45, 2.75) is 13.0 Å². The van der Waals surface area contributed by atoms with Crippen LogP contribution in [0.15, 0.2) is 6.07 Å². The van der Waals surface area contributed by atoms with E-state index < -0.39 is 23.5 Å². The summed E-state index contributed by atoms with van der Waals surface area (Å²) in [4.78, 5) is 10.6. The lowest BCUT2D eigenvalue weighted by Gasteiger charge is -2.15. The summed E-state index contributed by atoms with van der Waals surface area (Å²) in [7, 11) is 1.26. The van der Waals surface area contributed by atoms with Gasteiger partial charge in [-0.1, -0.05) is 11.6 Å². The van der Waals surface area contributed by atoms with Crippen LogP contribution in [-0.2, 0) is 4.79 Å². The van der Waals surface area contributed by atoms with Gasteiger partial charge < -0.3 is 14.9 Å². The first kappa shape index (κ1) is 12.7. The minimum atomic E-state index is -2.01. The maximum Gasteiger partial charge on any atom is 0.337 e. The van der Waals surface area contributed by atoms with Crippen molar-refractivity contribution in [2.75, 3.05) is 7.11 Å². The number of carbonyl (C=O) groups is 1. The SMILES string of the molecule is COc1c(C)cc(Cl)c(F)c1C(O)C(=O)O. The van der Waals surface area contributed by atoms with Gasteiger partial charge >= 0.3 is 5.97 Å². The van der Waals surface area contributed by atoms with E-state index in [0.29, 0.717) is 5.56 Å². The zero-order valence-electron chi connectivity index (χ0n) is 8.62. The molecule has 0 aliphatic heterocycles. The monoisotopic (exact) mass is 248 g/mol. The van der Waals surface area contributed by atoms with E-state index in [0.717, 1.165) is 0 Å². The van der Waals surface area contributed by atoms with E-state index in [1.807, 2.05) is 0 Å². The van der Waals surface area contributed by atoms with Gasteiger partial charge in [0.2, 0.25) is 0 Å². The number of carboxylic acids is 1. The molecule has 88 valence electrons. The molecule has 1 rings (SSSR count). The van der Waals surface area contributed by atoms with Crippen LogP contribution >= 0.6 is 11.6 Å². The topological polar surface area (TPSA) is 66.8 Å². The number of hydrogen-bond donors (Lipinski definition) is 2. The molecule has 16 heavy (non-hydrogen) atoms. The quantitative estimate of drug-likeness (QED) is 0.858. The van der Waals surface area contributed by atoms with Crippen LogP contribution in [-0.4, -0.2) is 23.3 Å².